The molecule has 1 atom stereocenters. The van der Waals surface area contributed by atoms with Crippen LogP contribution in [0.15, 0.2) is 30.3 Å². The summed E-state index contributed by atoms with van der Waals surface area (Å²) in [7, 11) is 0. The van der Waals surface area contributed by atoms with Gasteiger partial charge >= 0.3 is 18.1 Å². The third-order valence-electron chi connectivity index (χ3n) is 4.86. The molecule has 8 nitrogen and oxygen atoms in total. The third kappa shape index (κ3) is 5.51. The Morgan fingerprint density at radius 3 is 2.65 bits per heavy atom. The maximum absolute atomic E-state index is 12.7. The second-order valence-corrected chi connectivity index (χ2v) is 7.51. The van der Waals surface area contributed by atoms with Crippen molar-refractivity contribution in [1.82, 2.24) is 15.3 Å². The number of hydrogen-bond acceptors (Lipinski definition) is 5. The number of nitrogens with one attached hydrogen (secondary N) is 1. The fraction of sp³-hybridized carbons (Fsp3) is 0.261. The number of carbonyl (C=O) groups excluding carboxylic acids is 2. The van der Waals surface area contributed by atoms with E-state index in [0.717, 1.165) is 6.07 Å². The predicted molar refractivity (Wildman–Crippen MR) is 109 cm³/mol. The van der Waals surface area contributed by atoms with E-state index in [1.165, 1.54) is 12.1 Å². The molecule has 11 heteroatoms. The molecular formula is C23H17F3N5O3+. The number of rotatable bonds is 7. The molecule has 3 N–H and O–H groups in total. The van der Waals surface area contributed by atoms with Gasteiger partial charge in [0.1, 0.15) is 0 Å². The number of alkyl halides is 3. The van der Waals surface area contributed by atoms with E-state index < -0.39 is 23.8 Å². The molecular weight excluding hydrogens is 451 g/mol. The lowest BCUT2D eigenvalue weighted by molar-refractivity contribution is -0.309. The monoisotopic (exact) mass is 468 g/mol. The summed E-state index contributed by atoms with van der Waals surface area (Å²) < 4.78 is 43.7. The molecule has 1 aliphatic heterocycles. The van der Waals surface area contributed by atoms with Crippen molar-refractivity contribution in [2.24, 2.45) is 5.73 Å². The molecule has 0 unspecified atom stereocenters. The number of amides is 2. The van der Waals surface area contributed by atoms with E-state index in [0.29, 0.717) is 35.5 Å². The number of ether oxygens (including phenoxy) is 1. The topological polar surface area (TPSA) is 121 Å². The molecule has 0 bridgehead atoms. The van der Waals surface area contributed by atoms with Crippen LogP contribution in [0.4, 0.5) is 13.2 Å². The van der Waals surface area contributed by atoms with E-state index in [2.05, 4.69) is 32.4 Å². The number of aromatic nitrogens is 3. The maximum Gasteiger partial charge on any atom is 0.430 e. The molecule has 2 aromatic heterocycles. The van der Waals surface area contributed by atoms with E-state index in [-0.39, 0.29) is 30.5 Å². The number of hydrogen-bond donors (Lipinski definition) is 2. The first-order valence-corrected chi connectivity index (χ1v) is 10.2. The Morgan fingerprint density at radius 2 is 2.06 bits per heavy atom. The van der Waals surface area contributed by atoms with E-state index in [4.69, 9.17) is 10.5 Å². The van der Waals surface area contributed by atoms with Crippen molar-refractivity contribution in [3.63, 3.8) is 0 Å². The molecule has 1 saturated heterocycles. The van der Waals surface area contributed by atoms with Crippen molar-refractivity contribution in [3.8, 4) is 17.3 Å². The fourth-order valence-corrected chi connectivity index (χ4v) is 3.24. The van der Waals surface area contributed by atoms with Crippen LogP contribution in [-0.4, -0.2) is 34.4 Å². The highest BCUT2D eigenvalue weighted by atomic mass is 19.4. The first kappa shape index (κ1) is 22.8. The summed E-state index contributed by atoms with van der Waals surface area (Å²) in [5.41, 5.74) is 6.10. The Morgan fingerprint density at radius 1 is 1.24 bits per heavy atom. The smallest absolute Gasteiger partial charge is 0.430 e. The molecule has 3 heterocycles. The van der Waals surface area contributed by atoms with Crippen LogP contribution in [-0.2, 0) is 28.6 Å². The molecule has 0 aliphatic carbocycles. The number of primary amides is 1. The fourth-order valence-electron chi connectivity index (χ4n) is 3.24. The van der Waals surface area contributed by atoms with Crippen molar-refractivity contribution in [2.45, 2.75) is 31.5 Å². The lowest BCUT2D eigenvalue weighted by atomic mass is 10.1. The summed E-state index contributed by atoms with van der Waals surface area (Å²) >= 11 is 0. The Bertz CT molecular complexity index is 1200. The minimum atomic E-state index is -4.50. The highest BCUT2D eigenvalue weighted by Gasteiger charge is 2.34. The lowest BCUT2D eigenvalue weighted by Gasteiger charge is -2.12. The summed E-state index contributed by atoms with van der Waals surface area (Å²) in [6, 6.07) is 12.8. The van der Waals surface area contributed by atoms with E-state index in [9.17, 15) is 22.8 Å². The lowest BCUT2D eigenvalue weighted by Crippen LogP contribution is -2.28. The maximum atomic E-state index is 12.7. The number of halogens is 3. The van der Waals surface area contributed by atoms with Crippen LogP contribution in [0.2, 0.25) is 0 Å². The van der Waals surface area contributed by atoms with Gasteiger partial charge in [-0.05, 0) is 23.2 Å². The second kappa shape index (κ2) is 9.24. The first-order valence-electron chi connectivity index (χ1n) is 10.2. The van der Waals surface area contributed by atoms with Crippen molar-refractivity contribution in [2.75, 3.05) is 6.54 Å². The number of nitrogens with two attached hydrogens (primary N) is 1. The normalized spacial score (nSPS) is 15.3. The van der Waals surface area contributed by atoms with Crippen LogP contribution in [0.3, 0.4) is 0 Å². The van der Waals surface area contributed by atoms with Gasteiger partial charge in [-0.2, -0.15) is 18.2 Å². The van der Waals surface area contributed by atoms with E-state index in [1.54, 1.807) is 12.1 Å². The third-order valence-corrected chi connectivity index (χ3v) is 4.86. The van der Waals surface area contributed by atoms with Crippen LogP contribution in [0, 0.1) is 18.3 Å². The zero-order valence-electron chi connectivity index (χ0n) is 17.6. The van der Waals surface area contributed by atoms with Gasteiger partial charge in [0.25, 0.3) is 5.91 Å². The van der Waals surface area contributed by atoms with Gasteiger partial charge in [-0.25, -0.2) is 4.98 Å². The SMILES string of the molecule is NC(=O)Cc1cc(O[C@@H]2CCNC2=O)nc(-c2c#cc(Cc3ccc(C(F)(F)F)c#[n+]3)cc2)n1. The standard InChI is InChI=1S/C23H16F3N5O3/c24-23(25,26)15-5-6-16(29-12-15)9-13-1-3-14(4-2-13)21-30-17(10-19(27)32)11-20(31-21)34-18-7-8-28-22(18)33/h1,3,5-6,11,18H,7-10H2,(H2-,27,28,32,33)/p+1/t18-/m1/s1. The number of nitrogens with zero attached hydrogens (tertiary/aromatic N) is 3. The van der Waals surface area contributed by atoms with Gasteiger partial charge in [0.15, 0.2) is 17.5 Å². The van der Waals surface area contributed by atoms with E-state index in [1.807, 2.05) is 6.20 Å². The van der Waals surface area contributed by atoms with Crippen LogP contribution in [0.1, 0.15) is 28.9 Å². The van der Waals surface area contributed by atoms with Crippen LogP contribution < -0.4 is 20.8 Å². The molecule has 0 saturated carbocycles. The molecule has 3 aromatic rings. The van der Waals surface area contributed by atoms with Gasteiger partial charge < -0.3 is 15.8 Å². The van der Waals surface area contributed by atoms with Gasteiger partial charge in [-0.15, -0.1) is 0 Å². The molecule has 0 spiro atoms. The molecule has 2 amide bonds. The van der Waals surface area contributed by atoms with Crippen molar-refractivity contribution in [1.29, 1.82) is 0 Å². The molecule has 172 valence electrons. The van der Waals surface area contributed by atoms with Crippen molar-refractivity contribution >= 4 is 11.8 Å². The molecule has 1 aromatic carbocycles. The Hall–Kier alpha value is -4.38. The minimum absolute atomic E-state index is 0.116. The van der Waals surface area contributed by atoms with Gasteiger partial charge in [0.2, 0.25) is 11.8 Å². The first-order chi connectivity index (χ1) is 16.2. The van der Waals surface area contributed by atoms with E-state index >= 15 is 0 Å². The van der Waals surface area contributed by atoms with Gasteiger partial charge in [0.05, 0.1) is 24.1 Å². The zero-order valence-corrected chi connectivity index (χ0v) is 17.6. The Labute approximate surface area is 192 Å². The van der Waals surface area contributed by atoms with Crippen LogP contribution in [0.25, 0.3) is 11.4 Å². The minimum Gasteiger partial charge on any atom is -0.464 e. The molecule has 0 radical (unpaired) electrons. The zero-order chi connectivity index (χ0) is 24.3. The van der Waals surface area contributed by atoms with Gasteiger partial charge in [0, 0.05) is 30.7 Å². The highest BCUT2D eigenvalue weighted by molar-refractivity contribution is 5.83. The molecule has 4 rings (SSSR count). The number of carbonyl (C=O) groups is 2. The summed E-state index contributed by atoms with van der Waals surface area (Å²) in [6.45, 7) is 0.491. The Kier molecular flexibility index (Phi) is 6.19. The second-order valence-electron chi connectivity index (χ2n) is 7.51. The summed E-state index contributed by atoms with van der Waals surface area (Å²) in [5.74, 6) is -0.544. The summed E-state index contributed by atoms with van der Waals surface area (Å²) in [4.78, 5) is 35.6. The predicted octanol–water partition coefficient (Wildman–Crippen LogP) is 1.05. The summed E-state index contributed by atoms with van der Waals surface area (Å²) in [5, 5.41) is 2.66. The molecule has 1 aliphatic rings. The largest absolute Gasteiger partial charge is 0.464 e. The molecule has 34 heavy (non-hydrogen) atoms. The van der Waals surface area contributed by atoms with Crippen LogP contribution in [0.5, 0.6) is 5.88 Å². The highest BCUT2D eigenvalue weighted by Crippen LogP contribution is 2.27. The average Bonchev–Trinajstić information content (AvgIpc) is 3.17. The van der Waals surface area contributed by atoms with Crippen molar-refractivity contribution < 1.29 is 32.5 Å². The Balaban J connectivity index is 1.54. The van der Waals surface area contributed by atoms with Gasteiger partial charge in [-0.3, -0.25) is 9.59 Å². The quantitative estimate of drug-likeness (QED) is 0.535. The van der Waals surface area contributed by atoms with Crippen molar-refractivity contribution in [3.05, 3.63) is 71.2 Å². The van der Waals surface area contributed by atoms with Crippen LogP contribution >= 0.6 is 0 Å². The summed E-state index contributed by atoms with van der Waals surface area (Å²) in [6.07, 6.45) is -2.65. The average molecular weight is 468 g/mol. The molecule has 1 fully saturated rings. The van der Waals surface area contributed by atoms with Gasteiger partial charge in [-0.1, -0.05) is 12.1 Å².